The van der Waals surface area contributed by atoms with E-state index in [4.69, 9.17) is 14.2 Å². The van der Waals surface area contributed by atoms with Crippen molar-refractivity contribution in [1.82, 2.24) is 14.8 Å². The summed E-state index contributed by atoms with van der Waals surface area (Å²) < 4.78 is 18.2. The summed E-state index contributed by atoms with van der Waals surface area (Å²) in [4.78, 5) is 4.38. The van der Waals surface area contributed by atoms with Crippen molar-refractivity contribution in [2.24, 2.45) is 0 Å². The maximum atomic E-state index is 5.63. The minimum absolute atomic E-state index is 0.0131. The van der Waals surface area contributed by atoms with Crippen LogP contribution in [0.1, 0.15) is 29.6 Å². The van der Waals surface area contributed by atoms with E-state index < -0.39 is 0 Å². The number of hydrogen-bond donors (Lipinski definition) is 1. The lowest BCUT2D eigenvalue weighted by molar-refractivity contribution is 0.370. The Kier molecular flexibility index (Phi) is 4.58. The van der Waals surface area contributed by atoms with E-state index in [1.165, 1.54) is 0 Å². The molecule has 0 radical (unpaired) electrons. The lowest BCUT2D eigenvalue weighted by Crippen LogP contribution is -2.28. The second-order valence-electron chi connectivity index (χ2n) is 6.36. The number of nitrogens with one attached hydrogen (secondary N) is 1. The molecule has 140 valence electrons. The SMILES string of the molecule is COc1cccc([C@@H]2C[C@H](c3ccc(OC)cc3OC)n3ncnc3N2)c1. The summed E-state index contributed by atoms with van der Waals surface area (Å²) in [6.45, 7) is 0. The third kappa shape index (κ3) is 3.16. The molecule has 0 amide bonds. The maximum absolute atomic E-state index is 5.63. The van der Waals surface area contributed by atoms with Gasteiger partial charge in [0.15, 0.2) is 0 Å². The predicted octanol–water partition coefficient (Wildman–Crippen LogP) is 3.45. The minimum atomic E-state index is -0.0131. The van der Waals surface area contributed by atoms with Gasteiger partial charge in [-0.05, 0) is 36.2 Å². The van der Waals surface area contributed by atoms with Crippen molar-refractivity contribution in [2.45, 2.75) is 18.5 Å². The monoisotopic (exact) mass is 366 g/mol. The zero-order chi connectivity index (χ0) is 18.8. The van der Waals surface area contributed by atoms with E-state index in [0.717, 1.165) is 40.7 Å². The molecule has 0 unspecified atom stereocenters. The smallest absolute Gasteiger partial charge is 0.222 e. The molecule has 1 N–H and O–H groups in total. The molecule has 4 rings (SSSR count). The number of rotatable bonds is 5. The van der Waals surface area contributed by atoms with Gasteiger partial charge in [0, 0.05) is 11.6 Å². The van der Waals surface area contributed by atoms with Gasteiger partial charge in [-0.1, -0.05) is 12.1 Å². The summed E-state index contributed by atoms with van der Waals surface area (Å²) in [7, 11) is 4.99. The number of anilines is 1. The molecular formula is C20H22N4O3. The van der Waals surface area contributed by atoms with Crippen LogP contribution in [0.2, 0.25) is 0 Å². The van der Waals surface area contributed by atoms with Gasteiger partial charge in [0.2, 0.25) is 5.95 Å². The highest BCUT2D eigenvalue weighted by molar-refractivity contribution is 5.46. The van der Waals surface area contributed by atoms with Gasteiger partial charge in [-0.3, -0.25) is 0 Å². The summed E-state index contributed by atoms with van der Waals surface area (Å²) in [6, 6.07) is 14.0. The fourth-order valence-corrected chi connectivity index (χ4v) is 3.55. The Balaban J connectivity index is 1.75. The number of benzene rings is 2. The second-order valence-corrected chi connectivity index (χ2v) is 6.36. The van der Waals surface area contributed by atoms with Crippen LogP contribution in [0.3, 0.4) is 0 Å². The highest BCUT2D eigenvalue weighted by Crippen LogP contribution is 2.41. The van der Waals surface area contributed by atoms with Crippen molar-refractivity contribution < 1.29 is 14.2 Å². The molecule has 27 heavy (non-hydrogen) atoms. The zero-order valence-corrected chi connectivity index (χ0v) is 15.5. The fraction of sp³-hybridized carbons (Fsp3) is 0.300. The van der Waals surface area contributed by atoms with E-state index in [1.807, 2.05) is 41.1 Å². The third-order valence-corrected chi connectivity index (χ3v) is 4.93. The molecule has 2 atom stereocenters. The molecule has 0 spiro atoms. The molecule has 0 fully saturated rings. The molecule has 0 saturated carbocycles. The fourth-order valence-electron chi connectivity index (χ4n) is 3.55. The highest BCUT2D eigenvalue weighted by Gasteiger charge is 2.31. The van der Waals surface area contributed by atoms with E-state index in [-0.39, 0.29) is 12.1 Å². The zero-order valence-electron chi connectivity index (χ0n) is 15.5. The Labute approximate surface area is 157 Å². The molecule has 7 heteroatoms. The van der Waals surface area contributed by atoms with Gasteiger partial charge in [-0.25, -0.2) is 4.68 Å². The average Bonchev–Trinajstić information content (AvgIpc) is 3.21. The lowest BCUT2D eigenvalue weighted by atomic mass is 9.92. The first-order valence-electron chi connectivity index (χ1n) is 8.75. The molecule has 1 aliphatic rings. The molecule has 1 aromatic heterocycles. The van der Waals surface area contributed by atoms with Crippen LogP contribution in [0.4, 0.5) is 5.95 Å². The van der Waals surface area contributed by atoms with Gasteiger partial charge in [-0.2, -0.15) is 10.1 Å². The van der Waals surface area contributed by atoms with Crippen molar-refractivity contribution in [1.29, 1.82) is 0 Å². The second kappa shape index (κ2) is 7.19. The number of hydrogen-bond acceptors (Lipinski definition) is 6. The molecule has 2 heterocycles. The quantitative estimate of drug-likeness (QED) is 0.746. The number of nitrogens with zero attached hydrogens (tertiary/aromatic N) is 3. The first kappa shape index (κ1) is 17.2. The topological polar surface area (TPSA) is 70.4 Å². The van der Waals surface area contributed by atoms with E-state index >= 15 is 0 Å². The summed E-state index contributed by atoms with van der Waals surface area (Å²) in [5.74, 6) is 3.09. The van der Waals surface area contributed by atoms with Crippen LogP contribution in [0.5, 0.6) is 17.2 Å². The van der Waals surface area contributed by atoms with E-state index in [1.54, 1.807) is 27.7 Å². The van der Waals surface area contributed by atoms with E-state index in [0.29, 0.717) is 0 Å². The van der Waals surface area contributed by atoms with Crippen LogP contribution in [-0.2, 0) is 0 Å². The Hall–Kier alpha value is -3.22. The first-order chi connectivity index (χ1) is 13.2. The largest absolute Gasteiger partial charge is 0.497 e. The lowest BCUT2D eigenvalue weighted by Gasteiger charge is -2.32. The van der Waals surface area contributed by atoms with Gasteiger partial charge < -0.3 is 19.5 Å². The Morgan fingerprint density at radius 1 is 1.00 bits per heavy atom. The molecule has 0 bridgehead atoms. The Bertz CT molecular complexity index is 940. The van der Waals surface area contributed by atoms with Crippen LogP contribution < -0.4 is 19.5 Å². The first-order valence-corrected chi connectivity index (χ1v) is 8.75. The Morgan fingerprint density at radius 3 is 2.59 bits per heavy atom. The summed E-state index contributed by atoms with van der Waals surface area (Å²) in [6.07, 6.45) is 2.37. The molecule has 7 nitrogen and oxygen atoms in total. The number of ether oxygens (including phenoxy) is 3. The van der Waals surface area contributed by atoms with Crippen molar-refractivity contribution in [2.75, 3.05) is 26.6 Å². The van der Waals surface area contributed by atoms with E-state index in [2.05, 4.69) is 21.5 Å². The van der Waals surface area contributed by atoms with Crippen molar-refractivity contribution in [3.63, 3.8) is 0 Å². The van der Waals surface area contributed by atoms with Crippen molar-refractivity contribution in [3.8, 4) is 17.2 Å². The van der Waals surface area contributed by atoms with Crippen molar-refractivity contribution in [3.05, 3.63) is 59.9 Å². The maximum Gasteiger partial charge on any atom is 0.222 e. The average molecular weight is 366 g/mol. The van der Waals surface area contributed by atoms with Gasteiger partial charge in [0.1, 0.15) is 23.6 Å². The summed E-state index contributed by atoms with van der Waals surface area (Å²) in [5, 5.41) is 7.90. The van der Waals surface area contributed by atoms with Gasteiger partial charge in [0.25, 0.3) is 0 Å². The van der Waals surface area contributed by atoms with Gasteiger partial charge in [0.05, 0.1) is 33.4 Å². The molecule has 3 aromatic rings. The van der Waals surface area contributed by atoms with Crippen molar-refractivity contribution >= 4 is 5.95 Å². The number of aromatic nitrogens is 3. The highest BCUT2D eigenvalue weighted by atomic mass is 16.5. The third-order valence-electron chi connectivity index (χ3n) is 4.93. The summed E-state index contributed by atoms with van der Waals surface area (Å²) >= 11 is 0. The van der Waals surface area contributed by atoms with Crippen LogP contribution in [0.25, 0.3) is 0 Å². The van der Waals surface area contributed by atoms with E-state index in [9.17, 15) is 0 Å². The Morgan fingerprint density at radius 2 is 1.81 bits per heavy atom. The minimum Gasteiger partial charge on any atom is -0.497 e. The molecular weight excluding hydrogens is 344 g/mol. The van der Waals surface area contributed by atoms with Crippen LogP contribution >= 0.6 is 0 Å². The van der Waals surface area contributed by atoms with Crippen LogP contribution in [0, 0.1) is 0 Å². The molecule has 0 saturated heterocycles. The molecule has 2 aromatic carbocycles. The molecule has 1 aliphatic heterocycles. The number of methoxy groups -OCH3 is 3. The molecule has 0 aliphatic carbocycles. The van der Waals surface area contributed by atoms with Gasteiger partial charge in [-0.15, -0.1) is 0 Å². The van der Waals surface area contributed by atoms with Gasteiger partial charge >= 0.3 is 0 Å². The standard InChI is InChI=1S/C20H22N4O3/c1-25-14-6-4-5-13(9-14)17-11-18(24-20(23-17)21-12-22-24)16-8-7-15(26-2)10-19(16)27-3/h4-10,12,17-18H,11H2,1-3H3,(H,21,22,23)/t17-,18+/m0/s1. The summed E-state index contributed by atoms with van der Waals surface area (Å²) in [5.41, 5.74) is 2.18. The predicted molar refractivity (Wildman–Crippen MR) is 102 cm³/mol. The van der Waals surface area contributed by atoms with Crippen LogP contribution in [-0.4, -0.2) is 36.1 Å². The number of fused-ring (bicyclic) bond motifs is 1. The normalized spacial score (nSPS) is 18.3. The van der Waals surface area contributed by atoms with Crippen LogP contribution in [0.15, 0.2) is 48.8 Å².